The number of carbonyl (C=O) groups excluding carboxylic acids is 2. The van der Waals surface area contributed by atoms with Gasteiger partial charge in [0, 0.05) is 24.2 Å². The molecule has 0 spiro atoms. The molecule has 2 heterocycles. The maximum atomic E-state index is 12.6. The number of carbonyl (C=O) groups is 2. The molecule has 0 saturated carbocycles. The van der Waals surface area contributed by atoms with Gasteiger partial charge in [-0.05, 0) is 48.9 Å². The first kappa shape index (κ1) is 17.7. The Morgan fingerprint density at radius 3 is 2.30 bits per heavy atom. The van der Waals surface area contributed by atoms with Crippen LogP contribution in [-0.2, 0) is 17.8 Å². The summed E-state index contributed by atoms with van der Waals surface area (Å²) >= 11 is 0. The third kappa shape index (κ3) is 3.12. The highest BCUT2D eigenvalue weighted by molar-refractivity contribution is 5.92. The Labute approximate surface area is 159 Å². The number of primary amides is 2. The van der Waals surface area contributed by atoms with Gasteiger partial charge in [0.25, 0.3) is 0 Å². The molecule has 0 unspecified atom stereocenters. The molecule has 2 aromatic rings. The van der Waals surface area contributed by atoms with Gasteiger partial charge in [-0.25, -0.2) is 0 Å². The fraction of sp³-hybridized carbons (Fsp3) is 0.364. The average molecular weight is 363 g/mol. The molecule has 5 heteroatoms. The molecular formula is C22H25N3O2. The molecule has 0 aromatic heterocycles. The molecule has 2 bridgehead atoms. The Morgan fingerprint density at radius 1 is 0.963 bits per heavy atom. The topological polar surface area (TPSA) is 89.4 Å². The zero-order chi connectivity index (χ0) is 19.0. The first-order chi connectivity index (χ1) is 13.0. The molecule has 2 saturated heterocycles. The van der Waals surface area contributed by atoms with Crippen molar-refractivity contribution in [1.82, 2.24) is 4.90 Å². The van der Waals surface area contributed by atoms with E-state index in [9.17, 15) is 9.59 Å². The van der Waals surface area contributed by atoms with E-state index < -0.39 is 11.3 Å². The lowest BCUT2D eigenvalue weighted by molar-refractivity contribution is -0.129. The van der Waals surface area contributed by atoms with Crippen LogP contribution in [0.5, 0.6) is 0 Å². The van der Waals surface area contributed by atoms with Crippen LogP contribution in [-0.4, -0.2) is 28.8 Å². The number of hydrogen-bond acceptors (Lipinski definition) is 3. The van der Waals surface area contributed by atoms with Crippen LogP contribution in [0.15, 0.2) is 54.6 Å². The molecule has 0 radical (unpaired) electrons. The van der Waals surface area contributed by atoms with Gasteiger partial charge in [0.05, 0.1) is 5.41 Å². The van der Waals surface area contributed by atoms with Crippen LogP contribution in [0.3, 0.4) is 0 Å². The molecule has 4 N–H and O–H groups in total. The van der Waals surface area contributed by atoms with E-state index in [1.807, 2.05) is 30.3 Å². The van der Waals surface area contributed by atoms with E-state index >= 15 is 0 Å². The largest absolute Gasteiger partial charge is 0.369 e. The van der Waals surface area contributed by atoms with Crippen molar-refractivity contribution < 1.29 is 9.59 Å². The van der Waals surface area contributed by atoms with Crippen molar-refractivity contribution in [3.8, 4) is 0 Å². The summed E-state index contributed by atoms with van der Waals surface area (Å²) in [4.78, 5) is 26.3. The van der Waals surface area contributed by atoms with E-state index in [1.54, 1.807) is 12.1 Å². The van der Waals surface area contributed by atoms with Crippen LogP contribution in [0, 0.1) is 5.41 Å². The first-order valence-corrected chi connectivity index (χ1v) is 9.48. The monoisotopic (exact) mass is 363 g/mol. The van der Waals surface area contributed by atoms with Crippen LogP contribution in [0.4, 0.5) is 0 Å². The fourth-order valence-corrected chi connectivity index (χ4v) is 5.03. The number of nitrogens with zero attached hydrogens (tertiary/aromatic N) is 1. The van der Waals surface area contributed by atoms with Crippen LogP contribution in [0.25, 0.3) is 0 Å². The molecule has 0 aliphatic carbocycles. The predicted octanol–water partition coefficient (Wildman–Crippen LogP) is 2.24. The Morgan fingerprint density at radius 2 is 1.67 bits per heavy atom. The molecule has 3 atom stereocenters. The number of amides is 2. The summed E-state index contributed by atoms with van der Waals surface area (Å²) in [5.41, 5.74) is 13.6. The molecule has 2 amide bonds. The maximum Gasteiger partial charge on any atom is 0.248 e. The van der Waals surface area contributed by atoms with Gasteiger partial charge in [0.2, 0.25) is 11.8 Å². The van der Waals surface area contributed by atoms with Crippen molar-refractivity contribution in [1.29, 1.82) is 0 Å². The van der Waals surface area contributed by atoms with Gasteiger partial charge in [-0.15, -0.1) is 0 Å². The number of hydrogen-bond donors (Lipinski definition) is 2. The lowest BCUT2D eigenvalue weighted by Gasteiger charge is -2.35. The Bertz CT molecular complexity index is 850. The number of nitrogens with two attached hydrogens (primary N) is 2. The molecule has 27 heavy (non-hydrogen) atoms. The number of benzene rings is 2. The Hall–Kier alpha value is -2.66. The summed E-state index contributed by atoms with van der Waals surface area (Å²) in [5, 5.41) is 0. The minimum absolute atomic E-state index is 0.163. The molecule has 140 valence electrons. The quantitative estimate of drug-likeness (QED) is 0.825. The van der Waals surface area contributed by atoms with E-state index in [1.165, 1.54) is 0 Å². The molecule has 4 rings (SSSR count). The van der Waals surface area contributed by atoms with Gasteiger partial charge in [-0.3, -0.25) is 14.5 Å². The Balaban J connectivity index is 1.57. The van der Waals surface area contributed by atoms with Gasteiger partial charge >= 0.3 is 0 Å². The zero-order valence-corrected chi connectivity index (χ0v) is 15.3. The highest BCUT2D eigenvalue weighted by Gasteiger charge is 2.58. The van der Waals surface area contributed by atoms with Crippen molar-refractivity contribution in [2.24, 2.45) is 16.9 Å². The molecular weight excluding hydrogens is 338 g/mol. The summed E-state index contributed by atoms with van der Waals surface area (Å²) in [5.74, 6) is -0.606. The second-order valence-electron chi connectivity index (χ2n) is 7.87. The van der Waals surface area contributed by atoms with Gasteiger partial charge in [0.1, 0.15) is 0 Å². The highest BCUT2D eigenvalue weighted by Crippen LogP contribution is 2.51. The average Bonchev–Trinajstić information content (AvgIpc) is 3.18. The predicted molar refractivity (Wildman–Crippen MR) is 104 cm³/mol. The van der Waals surface area contributed by atoms with E-state index in [0.29, 0.717) is 18.0 Å². The SMILES string of the molecule is NC(=O)c1ccc(CN2[C@H]3CC[C@@H]2[C@](Cc2ccccc2)(C(N)=O)C3)cc1. The van der Waals surface area contributed by atoms with E-state index in [2.05, 4.69) is 17.0 Å². The van der Waals surface area contributed by atoms with Gasteiger partial charge in [0.15, 0.2) is 0 Å². The lowest BCUT2D eigenvalue weighted by atomic mass is 9.69. The van der Waals surface area contributed by atoms with Gasteiger partial charge in [-0.2, -0.15) is 0 Å². The number of fused-ring (bicyclic) bond motifs is 2. The van der Waals surface area contributed by atoms with Crippen molar-refractivity contribution in [3.63, 3.8) is 0 Å². The second-order valence-corrected chi connectivity index (χ2v) is 7.87. The Kier molecular flexibility index (Phi) is 4.48. The standard InChI is InChI=1S/C22H25N3O2/c23-20(26)17-8-6-16(7-9-17)14-25-18-10-11-19(25)22(13-18,21(24)27)12-15-4-2-1-3-5-15/h1-9,18-19H,10-14H2,(H2,23,26)(H2,24,27)/t18-,19+,22+/m0/s1. The zero-order valence-electron chi connectivity index (χ0n) is 15.3. The first-order valence-electron chi connectivity index (χ1n) is 9.48. The lowest BCUT2D eigenvalue weighted by Crippen LogP contribution is -2.48. The minimum Gasteiger partial charge on any atom is -0.369 e. The van der Waals surface area contributed by atoms with Crippen LogP contribution >= 0.6 is 0 Å². The fourth-order valence-electron chi connectivity index (χ4n) is 5.03. The molecule has 2 aromatic carbocycles. The van der Waals surface area contributed by atoms with Gasteiger partial charge < -0.3 is 11.5 Å². The van der Waals surface area contributed by atoms with E-state index in [4.69, 9.17) is 11.5 Å². The van der Waals surface area contributed by atoms with Crippen LogP contribution in [0.1, 0.15) is 40.7 Å². The van der Waals surface area contributed by atoms with Crippen molar-refractivity contribution in [3.05, 3.63) is 71.3 Å². The van der Waals surface area contributed by atoms with Crippen LogP contribution < -0.4 is 11.5 Å². The maximum absolute atomic E-state index is 12.6. The smallest absolute Gasteiger partial charge is 0.248 e. The highest BCUT2D eigenvalue weighted by atomic mass is 16.1. The molecule has 5 nitrogen and oxygen atoms in total. The summed E-state index contributed by atoms with van der Waals surface area (Å²) in [7, 11) is 0. The van der Waals surface area contributed by atoms with Crippen LogP contribution in [0.2, 0.25) is 0 Å². The molecule has 2 fully saturated rings. The summed E-state index contributed by atoms with van der Waals surface area (Å²) in [6.45, 7) is 0.762. The van der Waals surface area contributed by atoms with Crippen molar-refractivity contribution in [2.45, 2.75) is 44.3 Å². The number of rotatable bonds is 6. The van der Waals surface area contributed by atoms with E-state index in [0.717, 1.165) is 36.9 Å². The van der Waals surface area contributed by atoms with Gasteiger partial charge in [-0.1, -0.05) is 42.5 Å². The third-order valence-electron chi connectivity index (χ3n) is 6.34. The van der Waals surface area contributed by atoms with E-state index in [-0.39, 0.29) is 11.9 Å². The summed E-state index contributed by atoms with van der Waals surface area (Å²) < 4.78 is 0. The normalized spacial score (nSPS) is 27.0. The second kappa shape index (κ2) is 6.82. The van der Waals surface area contributed by atoms with Crippen molar-refractivity contribution >= 4 is 11.8 Å². The third-order valence-corrected chi connectivity index (χ3v) is 6.34. The molecule has 2 aliphatic rings. The molecule has 2 aliphatic heterocycles. The van der Waals surface area contributed by atoms with Crippen molar-refractivity contribution in [2.75, 3.05) is 0 Å². The summed E-state index contributed by atoms with van der Waals surface area (Å²) in [6, 6.07) is 18.1. The summed E-state index contributed by atoms with van der Waals surface area (Å²) in [6.07, 6.45) is 3.62. The minimum atomic E-state index is -0.503.